The third-order valence-electron chi connectivity index (χ3n) is 3.77. The van der Waals surface area contributed by atoms with E-state index >= 15 is 0 Å². The van der Waals surface area contributed by atoms with E-state index < -0.39 is 21.7 Å². The first-order valence-electron chi connectivity index (χ1n) is 7.65. The Hall–Kier alpha value is -2.03. The molecule has 1 aromatic heterocycles. The van der Waals surface area contributed by atoms with E-state index in [9.17, 15) is 17.2 Å². The van der Waals surface area contributed by atoms with Gasteiger partial charge in [0.05, 0.1) is 10.6 Å². The van der Waals surface area contributed by atoms with E-state index in [-0.39, 0.29) is 16.2 Å². The highest BCUT2D eigenvalue weighted by Crippen LogP contribution is 2.30. The lowest BCUT2D eigenvalue weighted by molar-refractivity contribution is 0.582. The molecule has 136 valence electrons. The van der Waals surface area contributed by atoms with Gasteiger partial charge in [-0.3, -0.25) is 0 Å². The molecule has 0 aliphatic heterocycles. The summed E-state index contributed by atoms with van der Waals surface area (Å²) in [4.78, 5) is -0.228. The molecule has 0 saturated carbocycles. The SMILES string of the molecule is CNCc1cc(-c2ccccc2F)n(S(=O)(=O)c2cc(F)cc(Br)c2)c1. The second-order valence-electron chi connectivity index (χ2n) is 5.65. The van der Waals surface area contributed by atoms with E-state index in [4.69, 9.17) is 0 Å². The molecular weight excluding hydrogens is 426 g/mol. The first kappa shape index (κ1) is 18.8. The Morgan fingerprint density at radius 2 is 1.85 bits per heavy atom. The van der Waals surface area contributed by atoms with E-state index in [0.717, 1.165) is 10.0 Å². The molecule has 1 N–H and O–H groups in total. The highest BCUT2D eigenvalue weighted by Gasteiger charge is 2.24. The van der Waals surface area contributed by atoms with Crippen molar-refractivity contribution in [3.63, 3.8) is 0 Å². The molecule has 8 heteroatoms. The number of hydrogen-bond donors (Lipinski definition) is 1. The first-order valence-corrected chi connectivity index (χ1v) is 9.88. The molecule has 1 heterocycles. The fourth-order valence-corrected chi connectivity index (χ4v) is 4.72. The van der Waals surface area contributed by atoms with Gasteiger partial charge in [0.15, 0.2) is 0 Å². The Kier molecular flexibility index (Phi) is 5.27. The third kappa shape index (κ3) is 3.58. The summed E-state index contributed by atoms with van der Waals surface area (Å²) in [5, 5.41) is 2.93. The molecule has 26 heavy (non-hydrogen) atoms. The zero-order chi connectivity index (χ0) is 18.9. The van der Waals surface area contributed by atoms with Gasteiger partial charge in [-0.25, -0.2) is 21.2 Å². The fourth-order valence-electron chi connectivity index (χ4n) is 2.65. The summed E-state index contributed by atoms with van der Waals surface area (Å²) < 4.78 is 55.5. The quantitative estimate of drug-likeness (QED) is 0.648. The minimum atomic E-state index is -4.12. The second-order valence-corrected chi connectivity index (χ2v) is 8.38. The molecule has 0 unspecified atom stereocenters. The Labute approximate surface area is 158 Å². The van der Waals surface area contributed by atoms with E-state index in [1.807, 2.05) is 0 Å². The van der Waals surface area contributed by atoms with Gasteiger partial charge in [0.25, 0.3) is 10.0 Å². The molecule has 4 nitrogen and oxygen atoms in total. The maximum Gasteiger partial charge on any atom is 0.268 e. The normalized spacial score (nSPS) is 11.7. The minimum Gasteiger partial charge on any atom is -0.316 e. The van der Waals surface area contributed by atoms with Crippen molar-refractivity contribution in [2.24, 2.45) is 0 Å². The van der Waals surface area contributed by atoms with Crippen molar-refractivity contribution in [2.45, 2.75) is 11.4 Å². The predicted octanol–water partition coefficient (Wildman–Crippen LogP) is 4.15. The lowest BCUT2D eigenvalue weighted by Crippen LogP contribution is -2.14. The van der Waals surface area contributed by atoms with Gasteiger partial charge in [0.2, 0.25) is 0 Å². The zero-order valence-corrected chi connectivity index (χ0v) is 16.1. The van der Waals surface area contributed by atoms with Crippen LogP contribution in [-0.2, 0) is 16.6 Å². The van der Waals surface area contributed by atoms with E-state index in [2.05, 4.69) is 21.2 Å². The number of nitrogens with one attached hydrogen (secondary N) is 1. The van der Waals surface area contributed by atoms with Gasteiger partial charge in [-0.05, 0) is 49.0 Å². The summed E-state index contributed by atoms with van der Waals surface area (Å²) in [7, 11) is -2.40. The molecule has 0 radical (unpaired) electrons. The lowest BCUT2D eigenvalue weighted by Gasteiger charge is -2.12. The molecule has 0 bridgehead atoms. The first-order chi connectivity index (χ1) is 12.3. The number of rotatable bonds is 5. The van der Waals surface area contributed by atoms with Gasteiger partial charge in [-0.1, -0.05) is 28.1 Å². The van der Waals surface area contributed by atoms with Crippen molar-refractivity contribution in [3.8, 4) is 11.3 Å². The number of halogens is 3. The van der Waals surface area contributed by atoms with Crippen molar-refractivity contribution in [3.05, 3.63) is 76.4 Å². The molecule has 0 amide bonds. The Balaban J connectivity index is 2.25. The van der Waals surface area contributed by atoms with Crippen LogP contribution < -0.4 is 5.32 Å². The Morgan fingerprint density at radius 3 is 2.50 bits per heavy atom. The molecule has 0 aliphatic rings. The van der Waals surface area contributed by atoms with Crippen LogP contribution in [0.15, 0.2) is 64.1 Å². The van der Waals surface area contributed by atoms with Crippen LogP contribution in [0.5, 0.6) is 0 Å². The molecule has 0 fully saturated rings. The topological polar surface area (TPSA) is 51.1 Å². The van der Waals surface area contributed by atoms with Crippen molar-refractivity contribution < 1.29 is 17.2 Å². The minimum absolute atomic E-state index is 0.147. The van der Waals surface area contributed by atoms with Crippen molar-refractivity contribution >= 4 is 26.0 Å². The van der Waals surface area contributed by atoms with Gasteiger partial charge in [-0.15, -0.1) is 0 Å². The number of nitrogens with zero attached hydrogens (tertiary/aromatic N) is 1. The number of hydrogen-bond acceptors (Lipinski definition) is 3. The monoisotopic (exact) mass is 440 g/mol. The molecule has 2 aromatic carbocycles. The van der Waals surface area contributed by atoms with Crippen LogP contribution >= 0.6 is 15.9 Å². The molecule has 3 aromatic rings. The van der Waals surface area contributed by atoms with Crippen LogP contribution in [0, 0.1) is 11.6 Å². The van der Waals surface area contributed by atoms with Gasteiger partial charge >= 0.3 is 0 Å². The van der Waals surface area contributed by atoms with Crippen LogP contribution in [0.4, 0.5) is 8.78 Å². The predicted molar refractivity (Wildman–Crippen MR) is 99.3 cm³/mol. The van der Waals surface area contributed by atoms with Crippen LogP contribution in [0.1, 0.15) is 5.56 Å². The van der Waals surface area contributed by atoms with Gasteiger partial charge in [-0.2, -0.15) is 0 Å². The van der Waals surface area contributed by atoms with Crippen molar-refractivity contribution in [1.82, 2.24) is 9.29 Å². The number of aromatic nitrogens is 1. The van der Waals surface area contributed by atoms with Gasteiger partial charge in [0.1, 0.15) is 11.6 Å². The molecule has 0 spiro atoms. The summed E-state index contributed by atoms with van der Waals surface area (Å²) in [6.07, 6.45) is 1.41. The van der Waals surface area contributed by atoms with Crippen LogP contribution in [-0.4, -0.2) is 19.4 Å². The highest BCUT2D eigenvalue weighted by atomic mass is 79.9. The van der Waals surface area contributed by atoms with Crippen LogP contribution in [0.2, 0.25) is 0 Å². The molecule has 3 rings (SSSR count). The molecule has 0 atom stereocenters. The molecule has 0 saturated heterocycles. The van der Waals surface area contributed by atoms with Crippen LogP contribution in [0.3, 0.4) is 0 Å². The van der Waals surface area contributed by atoms with E-state index in [1.54, 1.807) is 19.2 Å². The van der Waals surface area contributed by atoms with Crippen LogP contribution in [0.25, 0.3) is 11.3 Å². The molecule has 0 aliphatic carbocycles. The largest absolute Gasteiger partial charge is 0.316 e. The third-order valence-corrected chi connectivity index (χ3v) is 5.88. The van der Waals surface area contributed by atoms with Crippen molar-refractivity contribution in [1.29, 1.82) is 0 Å². The zero-order valence-electron chi connectivity index (χ0n) is 13.7. The van der Waals surface area contributed by atoms with Crippen molar-refractivity contribution in [2.75, 3.05) is 7.05 Å². The second kappa shape index (κ2) is 7.30. The van der Waals surface area contributed by atoms with Gasteiger partial charge in [0, 0.05) is 22.8 Å². The maximum atomic E-state index is 14.3. The highest BCUT2D eigenvalue weighted by molar-refractivity contribution is 9.10. The standard InChI is InChI=1S/C18H15BrF2N2O2S/c1-22-10-12-6-18(16-4-2-3-5-17(16)21)23(11-12)26(24,25)15-8-13(19)7-14(20)9-15/h2-9,11,22H,10H2,1H3. The van der Waals surface area contributed by atoms with E-state index in [0.29, 0.717) is 16.6 Å². The Bertz CT molecular complexity index is 1040. The van der Waals surface area contributed by atoms with Gasteiger partial charge < -0.3 is 5.32 Å². The summed E-state index contributed by atoms with van der Waals surface area (Å²) in [5.74, 6) is -1.23. The number of benzene rings is 2. The average molecular weight is 441 g/mol. The smallest absolute Gasteiger partial charge is 0.268 e. The average Bonchev–Trinajstić information content (AvgIpc) is 2.99. The Morgan fingerprint density at radius 1 is 1.12 bits per heavy atom. The van der Waals surface area contributed by atoms with E-state index in [1.165, 1.54) is 36.5 Å². The summed E-state index contributed by atoms with van der Waals surface area (Å²) in [6, 6.07) is 10.9. The summed E-state index contributed by atoms with van der Waals surface area (Å²) in [5.41, 5.74) is 0.979. The summed E-state index contributed by atoms with van der Waals surface area (Å²) >= 11 is 3.10. The lowest BCUT2D eigenvalue weighted by atomic mass is 10.1. The maximum absolute atomic E-state index is 14.3. The summed E-state index contributed by atoms with van der Waals surface area (Å²) in [6.45, 7) is 0.400. The fraction of sp³-hybridized carbons (Fsp3) is 0.111. The molecular formula is C18H15BrF2N2O2S.